The molecule has 1 unspecified atom stereocenters. The maximum Gasteiger partial charge on any atom is 0.320 e. The van der Waals surface area contributed by atoms with Crippen molar-refractivity contribution in [2.45, 2.75) is 32.6 Å². The number of benzene rings is 2. The molecule has 0 N–H and O–H groups in total. The number of hydrogen-bond acceptors (Lipinski definition) is 3. The second-order valence-electron chi connectivity index (χ2n) is 6.30. The highest BCUT2D eigenvalue weighted by molar-refractivity contribution is 6.30. The summed E-state index contributed by atoms with van der Waals surface area (Å²) in [5.74, 6) is 0. The van der Waals surface area contributed by atoms with Gasteiger partial charge in [0.05, 0.1) is 11.2 Å². The number of amidine groups is 1. The lowest BCUT2D eigenvalue weighted by molar-refractivity contribution is -0.194. The Morgan fingerprint density at radius 2 is 1.65 bits per heavy atom. The fraction of sp³-hybridized carbons (Fsp3) is 0.278. The summed E-state index contributed by atoms with van der Waals surface area (Å²) >= 11 is 5.92. The van der Waals surface area contributed by atoms with Gasteiger partial charge in [0.25, 0.3) is 6.29 Å². The lowest BCUT2D eigenvalue weighted by atomic mass is 10.1. The lowest BCUT2D eigenvalue weighted by Crippen LogP contribution is -2.41. The first-order chi connectivity index (χ1) is 10.9. The number of aliphatic imine (C=N–C) groups is 1. The normalized spacial score (nSPS) is 19.9. The summed E-state index contributed by atoms with van der Waals surface area (Å²) in [6.07, 6.45) is -0.499. The van der Waals surface area contributed by atoms with Gasteiger partial charge < -0.3 is 4.74 Å². The van der Waals surface area contributed by atoms with Gasteiger partial charge in [0, 0.05) is 10.6 Å². The highest BCUT2D eigenvalue weighted by Crippen LogP contribution is 2.33. The smallest absolute Gasteiger partial charge is 0.320 e. The number of hydroxylamine groups is 2. The van der Waals surface area contributed by atoms with E-state index in [-0.39, 0.29) is 5.54 Å². The molecule has 2 aromatic carbocycles. The van der Waals surface area contributed by atoms with E-state index in [1.165, 1.54) is 0 Å². The average Bonchev–Trinajstić information content (AvgIpc) is 2.95. The van der Waals surface area contributed by atoms with Crippen molar-refractivity contribution in [1.82, 2.24) is 5.06 Å². The first-order valence-electron chi connectivity index (χ1n) is 7.46. The highest BCUT2D eigenvalue weighted by Gasteiger charge is 2.39. The Morgan fingerprint density at radius 1 is 1.00 bits per heavy atom. The Morgan fingerprint density at radius 3 is 2.26 bits per heavy atom. The second-order valence-corrected chi connectivity index (χ2v) is 6.74. The maximum atomic E-state index is 5.97. The third kappa shape index (κ3) is 3.66. The van der Waals surface area contributed by atoms with Crippen molar-refractivity contribution in [2.24, 2.45) is 4.99 Å². The van der Waals surface area contributed by atoms with Gasteiger partial charge in [-0.15, -0.1) is 0 Å². The summed E-state index contributed by atoms with van der Waals surface area (Å²) in [5.41, 5.74) is 1.42. The minimum Gasteiger partial charge on any atom is -0.427 e. The molecule has 0 radical (unpaired) electrons. The van der Waals surface area contributed by atoms with Crippen LogP contribution in [0.5, 0.6) is 0 Å². The number of nitrogens with zero attached hydrogens (tertiary/aromatic N) is 2. The van der Waals surface area contributed by atoms with Gasteiger partial charge in [0.2, 0.25) is 0 Å². The standard InChI is InChI=1S/C18H19ClN2O2/c1-18(2,3)21-17(20-15-11-9-14(19)10-12-15)22-16(23-21)13-7-5-4-6-8-13/h4-12,16H,1-3H3. The molecule has 0 aromatic heterocycles. The molecule has 0 amide bonds. The third-order valence-electron chi connectivity index (χ3n) is 3.32. The van der Waals surface area contributed by atoms with Crippen LogP contribution in [0.15, 0.2) is 59.6 Å². The van der Waals surface area contributed by atoms with E-state index in [0.29, 0.717) is 11.0 Å². The molecule has 1 fully saturated rings. The van der Waals surface area contributed by atoms with Crippen LogP contribution in [0.2, 0.25) is 5.02 Å². The van der Waals surface area contributed by atoms with Gasteiger partial charge in [-0.3, -0.25) is 0 Å². The van der Waals surface area contributed by atoms with Crippen molar-refractivity contribution in [3.63, 3.8) is 0 Å². The Labute approximate surface area is 141 Å². The largest absolute Gasteiger partial charge is 0.427 e. The summed E-state index contributed by atoms with van der Waals surface area (Å²) in [6.45, 7) is 6.13. The summed E-state index contributed by atoms with van der Waals surface area (Å²) in [7, 11) is 0. The van der Waals surface area contributed by atoms with Crippen LogP contribution in [0, 0.1) is 0 Å². The summed E-state index contributed by atoms with van der Waals surface area (Å²) in [6, 6.07) is 17.5. The predicted molar refractivity (Wildman–Crippen MR) is 91.5 cm³/mol. The van der Waals surface area contributed by atoms with Crippen LogP contribution >= 0.6 is 11.6 Å². The van der Waals surface area contributed by atoms with Crippen molar-refractivity contribution in [3.8, 4) is 0 Å². The zero-order chi connectivity index (χ0) is 16.4. The van der Waals surface area contributed by atoms with E-state index >= 15 is 0 Å². The van der Waals surface area contributed by atoms with E-state index in [9.17, 15) is 0 Å². The Kier molecular flexibility index (Phi) is 4.28. The van der Waals surface area contributed by atoms with Crippen LogP contribution < -0.4 is 0 Å². The van der Waals surface area contributed by atoms with Crippen LogP contribution in [-0.2, 0) is 9.57 Å². The SMILES string of the molecule is CC(C)(C)N1OC(c2ccccc2)OC1=Nc1ccc(Cl)cc1. The van der Waals surface area contributed by atoms with Crippen LogP contribution in [0.1, 0.15) is 32.6 Å². The molecule has 3 rings (SSSR count). The molecule has 1 aliphatic heterocycles. The van der Waals surface area contributed by atoms with Crippen molar-refractivity contribution >= 4 is 23.3 Å². The molecule has 4 nitrogen and oxygen atoms in total. The lowest BCUT2D eigenvalue weighted by Gasteiger charge is -2.28. The third-order valence-corrected chi connectivity index (χ3v) is 3.57. The van der Waals surface area contributed by atoms with Crippen molar-refractivity contribution in [2.75, 3.05) is 0 Å². The summed E-state index contributed by atoms with van der Waals surface area (Å²) < 4.78 is 5.94. The van der Waals surface area contributed by atoms with E-state index in [4.69, 9.17) is 21.2 Å². The van der Waals surface area contributed by atoms with Crippen LogP contribution in [0.4, 0.5) is 5.69 Å². The fourth-order valence-electron chi connectivity index (χ4n) is 2.19. The van der Waals surface area contributed by atoms with Gasteiger partial charge in [-0.05, 0) is 45.0 Å². The minimum absolute atomic E-state index is 0.283. The zero-order valence-electron chi connectivity index (χ0n) is 13.4. The topological polar surface area (TPSA) is 34.1 Å². The highest BCUT2D eigenvalue weighted by atomic mass is 35.5. The fourth-order valence-corrected chi connectivity index (χ4v) is 2.31. The van der Waals surface area contributed by atoms with Gasteiger partial charge in [-0.25, -0.2) is 4.84 Å². The van der Waals surface area contributed by atoms with Crippen molar-refractivity contribution in [3.05, 3.63) is 65.2 Å². The molecule has 0 saturated carbocycles. The molecule has 1 aliphatic rings. The van der Waals surface area contributed by atoms with E-state index in [2.05, 4.69) is 4.99 Å². The molecule has 5 heteroatoms. The van der Waals surface area contributed by atoms with Crippen molar-refractivity contribution in [1.29, 1.82) is 0 Å². The van der Waals surface area contributed by atoms with E-state index < -0.39 is 6.29 Å². The van der Waals surface area contributed by atoms with Gasteiger partial charge in [0.15, 0.2) is 0 Å². The number of hydrogen-bond donors (Lipinski definition) is 0. The van der Waals surface area contributed by atoms with Gasteiger partial charge in [0.1, 0.15) is 0 Å². The Hall–Kier alpha value is -2.04. The molecular weight excluding hydrogens is 312 g/mol. The quantitative estimate of drug-likeness (QED) is 0.769. The van der Waals surface area contributed by atoms with E-state index in [0.717, 1.165) is 11.3 Å². The molecule has 120 valence electrons. The van der Waals surface area contributed by atoms with E-state index in [1.807, 2.05) is 63.2 Å². The summed E-state index contributed by atoms with van der Waals surface area (Å²) in [4.78, 5) is 10.5. The Balaban J connectivity index is 1.91. The monoisotopic (exact) mass is 330 g/mol. The Bertz CT molecular complexity index is 693. The van der Waals surface area contributed by atoms with Crippen LogP contribution in [-0.4, -0.2) is 16.6 Å². The molecule has 1 saturated heterocycles. The van der Waals surface area contributed by atoms with Gasteiger partial charge >= 0.3 is 6.02 Å². The maximum absolute atomic E-state index is 5.97. The number of ether oxygens (including phenoxy) is 1. The molecule has 2 aromatic rings. The van der Waals surface area contributed by atoms with Crippen LogP contribution in [0.3, 0.4) is 0 Å². The molecule has 0 bridgehead atoms. The molecular formula is C18H19ClN2O2. The molecule has 23 heavy (non-hydrogen) atoms. The molecule has 0 spiro atoms. The van der Waals surface area contributed by atoms with E-state index in [1.54, 1.807) is 17.2 Å². The number of rotatable bonds is 2. The minimum atomic E-state index is -0.499. The molecule has 0 aliphatic carbocycles. The first kappa shape index (κ1) is 15.8. The second kappa shape index (κ2) is 6.22. The van der Waals surface area contributed by atoms with Crippen molar-refractivity contribution < 1.29 is 9.57 Å². The first-order valence-corrected chi connectivity index (χ1v) is 7.84. The molecule has 1 heterocycles. The average molecular weight is 331 g/mol. The predicted octanol–water partition coefficient (Wildman–Crippen LogP) is 5.09. The summed E-state index contributed by atoms with van der Waals surface area (Å²) in [5, 5.41) is 2.38. The van der Waals surface area contributed by atoms with Gasteiger partial charge in [-0.2, -0.15) is 10.1 Å². The zero-order valence-corrected chi connectivity index (χ0v) is 14.1. The number of halogens is 1. The van der Waals surface area contributed by atoms with Crippen LogP contribution in [0.25, 0.3) is 0 Å². The van der Waals surface area contributed by atoms with Gasteiger partial charge in [-0.1, -0.05) is 41.9 Å². The molecule has 1 atom stereocenters.